The maximum absolute atomic E-state index is 12.4. The fourth-order valence-corrected chi connectivity index (χ4v) is 4.42. The third-order valence-corrected chi connectivity index (χ3v) is 5.97. The van der Waals surface area contributed by atoms with Crippen LogP contribution in [0.4, 0.5) is 0 Å². The Labute approximate surface area is 156 Å². The van der Waals surface area contributed by atoms with Gasteiger partial charge >= 0.3 is 0 Å². The number of benzene rings is 3. The first kappa shape index (κ1) is 18.2. The number of hydrogen-bond acceptors (Lipinski definition) is 3. The van der Waals surface area contributed by atoms with Crippen molar-refractivity contribution in [1.82, 2.24) is 4.72 Å². The summed E-state index contributed by atoms with van der Waals surface area (Å²) in [6.45, 7) is -0.171. The molecule has 130 valence electrons. The maximum Gasteiger partial charge on any atom is 0.242 e. The van der Waals surface area contributed by atoms with E-state index in [0.29, 0.717) is 10.6 Å². The van der Waals surface area contributed by atoms with Gasteiger partial charge in [0.05, 0.1) is 11.1 Å². The van der Waals surface area contributed by atoms with Crippen LogP contribution >= 0.6 is 23.2 Å². The van der Waals surface area contributed by atoms with Crippen LogP contribution in [0.2, 0.25) is 10.0 Å². The zero-order valence-corrected chi connectivity index (χ0v) is 15.3. The lowest BCUT2D eigenvalue weighted by Crippen LogP contribution is -2.28. The molecule has 0 bridgehead atoms. The van der Waals surface area contributed by atoms with E-state index in [4.69, 9.17) is 23.2 Å². The minimum absolute atomic E-state index is 0.0275. The molecule has 2 N–H and O–H groups in total. The molecule has 0 aliphatic carbocycles. The van der Waals surface area contributed by atoms with E-state index in [1.54, 1.807) is 6.07 Å². The van der Waals surface area contributed by atoms with E-state index in [1.165, 1.54) is 18.2 Å². The van der Waals surface area contributed by atoms with Crippen LogP contribution in [0.15, 0.2) is 65.6 Å². The molecule has 0 radical (unpaired) electrons. The zero-order chi connectivity index (χ0) is 18.0. The second-order valence-corrected chi connectivity index (χ2v) is 8.09. The quantitative estimate of drug-likeness (QED) is 0.681. The molecule has 1 unspecified atom stereocenters. The molecule has 0 saturated heterocycles. The summed E-state index contributed by atoms with van der Waals surface area (Å²) in [6.07, 6.45) is -0.994. The Bertz CT molecular complexity index is 1020. The van der Waals surface area contributed by atoms with E-state index >= 15 is 0 Å². The summed E-state index contributed by atoms with van der Waals surface area (Å²) in [4.78, 5) is -0.0799. The smallest absolute Gasteiger partial charge is 0.242 e. The van der Waals surface area contributed by atoms with E-state index in [0.717, 1.165) is 10.8 Å². The van der Waals surface area contributed by atoms with Gasteiger partial charge in [-0.15, -0.1) is 0 Å². The lowest BCUT2D eigenvalue weighted by Gasteiger charge is -2.15. The number of aliphatic hydroxyl groups excluding tert-OH is 1. The largest absolute Gasteiger partial charge is 0.387 e. The van der Waals surface area contributed by atoms with Crippen molar-refractivity contribution in [3.05, 3.63) is 76.3 Å². The molecule has 3 rings (SSSR count). The van der Waals surface area contributed by atoms with Crippen molar-refractivity contribution in [2.45, 2.75) is 11.0 Å². The van der Waals surface area contributed by atoms with E-state index in [-0.39, 0.29) is 16.5 Å². The van der Waals surface area contributed by atoms with Crippen LogP contribution in [-0.4, -0.2) is 20.1 Å². The number of halogens is 2. The maximum atomic E-state index is 12.4. The Morgan fingerprint density at radius 3 is 2.48 bits per heavy atom. The highest BCUT2D eigenvalue weighted by molar-refractivity contribution is 7.89. The van der Waals surface area contributed by atoms with Gasteiger partial charge in [-0.2, -0.15) is 0 Å². The van der Waals surface area contributed by atoms with Crippen molar-refractivity contribution >= 4 is 44.0 Å². The molecule has 0 aliphatic rings. The Balaban J connectivity index is 1.82. The van der Waals surface area contributed by atoms with Gasteiger partial charge in [0.25, 0.3) is 0 Å². The molecule has 0 saturated carbocycles. The van der Waals surface area contributed by atoms with Gasteiger partial charge in [-0.05, 0) is 34.5 Å². The highest BCUT2D eigenvalue weighted by Gasteiger charge is 2.20. The van der Waals surface area contributed by atoms with Crippen LogP contribution in [0.5, 0.6) is 0 Å². The molecule has 7 heteroatoms. The van der Waals surface area contributed by atoms with E-state index in [2.05, 4.69) is 4.72 Å². The SMILES string of the molecule is O=S(=O)(NCC(O)c1cccc2ccccc12)c1ccc(Cl)cc1Cl. The fourth-order valence-electron chi connectivity index (χ4n) is 2.61. The molecular weight excluding hydrogens is 381 g/mol. The minimum Gasteiger partial charge on any atom is -0.387 e. The molecule has 0 spiro atoms. The van der Waals surface area contributed by atoms with Gasteiger partial charge in [-0.3, -0.25) is 0 Å². The highest BCUT2D eigenvalue weighted by atomic mass is 35.5. The average Bonchev–Trinajstić information content (AvgIpc) is 2.59. The van der Waals surface area contributed by atoms with E-state index in [9.17, 15) is 13.5 Å². The van der Waals surface area contributed by atoms with Crippen molar-refractivity contribution in [3.63, 3.8) is 0 Å². The first-order valence-corrected chi connectivity index (χ1v) is 9.73. The van der Waals surface area contributed by atoms with Gasteiger partial charge in [-0.1, -0.05) is 65.7 Å². The second kappa shape index (κ2) is 7.32. The second-order valence-electron chi connectivity index (χ2n) is 5.51. The Hall–Kier alpha value is -1.63. The van der Waals surface area contributed by atoms with E-state index in [1.807, 2.05) is 36.4 Å². The van der Waals surface area contributed by atoms with Crippen LogP contribution in [0.1, 0.15) is 11.7 Å². The minimum atomic E-state index is -3.86. The number of aliphatic hydroxyl groups is 1. The summed E-state index contributed by atoms with van der Waals surface area (Å²) in [7, 11) is -3.86. The normalized spacial score (nSPS) is 13.1. The first-order chi connectivity index (χ1) is 11.9. The lowest BCUT2D eigenvalue weighted by molar-refractivity contribution is 0.183. The van der Waals surface area contributed by atoms with Gasteiger partial charge in [0, 0.05) is 11.6 Å². The standard InChI is InChI=1S/C18H15Cl2NO3S/c19-13-8-9-18(16(20)10-13)25(23,24)21-11-17(22)15-7-3-5-12-4-1-2-6-14(12)15/h1-10,17,21-22H,11H2. The predicted molar refractivity (Wildman–Crippen MR) is 101 cm³/mol. The van der Waals surface area contributed by atoms with Crippen molar-refractivity contribution in [3.8, 4) is 0 Å². The monoisotopic (exact) mass is 395 g/mol. The molecule has 25 heavy (non-hydrogen) atoms. The Kier molecular flexibility index (Phi) is 5.32. The molecule has 0 amide bonds. The van der Waals surface area contributed by atoms with Crippen LogP contribution in [0, 0.1) is 0 Å². The topological polar surface area (TPSA) is 66.4 Å². The Morgan fingerprint density at radius 1 is 1.00 bits per heavy atom. The molecular formula is C18H15Cl2NO3S. The molecule has 3 aromatic carbocycles. The van der Waals surface area contributed by atoms with Crippen molar-refractivity contribution in [2.75, 3.05) is 6.54 Å². The number of sulfonamides is 1. The molecule has 0 fully saturated rings. The molecule has 0 aromatic heterocycles. The van der Waals surface area contributed by atoms with Crippen LogP contribution in [-0.2, 0) is 10.0 Å². The lowest BCUT2D eigenvalue weighted by atomic mass is 10.0. The van der Waals surface area contributed by atoms with Crippen molar-refractivity contribution in [1.29, 1.82) is 0 Å². The van der Waals surface area contributed by atoms with Gasteiger partial charge in [0.1, 0.15) is 4.90 Å². The molecule has 3 aromatic rings. The third kappa shape index (κ3) is 3.97. The number of rotatable bonds is 5. The molecule has 1 atom stereocenters. The van der Waals surface area contributed by atoms with E-state index < -0.39 is 16.1 Å². The van der Waals surface area contributed by atoms with Gasteiger partial charge < -0.3 is 5.11 Å². The first-order valence-electron chi connectivity index (χ1n) is 7.49. The summed E-state index contributed by atoms with van der Waals surface area (Å²) < 4.78 is 27.2. The molecule has 0 aliphatic heterocycles. The molecule has 0 heterocycles. The van der Waals surface area contributed by atoms with Gasteiger partial charge in [-0.25, -0.2) is 13.1 Å². The molecule has 4 nitrogen and oxygen atoms in total. The van der Waals surface area contributed by atoms with Crippen molar-refractivity contribution < 1.29 is 13.5 Å². The van der Waals surface area contributed by atoms with Crippen LogP contribution in [0.25, 0.3) is 10.8 Å². The van der Waals surface area contributed by atoms with Gasteiger partial charge in [0.15, 0.2) is 0 Å². The number of nitrogens with one attached hydrogen (secondary N) is 1. The number of hydrogen-bond donors (Lipinski definition) is 2. The average molecular weight is 396 g/mol. The summed E-state index contributed by atoms with van der Waals surface area (Å²) in [5, 5.41) is 12.7. The van der Waals surface area contributed by atoms with Crippen LogP contribution in [0.3, 0.4) is 0 Å². The fraction of sp³-hybridized carbons (Fsp3) is 0.111. The highest BCUT2D eigenvalue weighted by Crippen LogP contribution is 2.26. The summed E-state index contributed by atoms with van der Waals surface area (Å²) in [5.41, 5.74) is 0.656. The Morgan fingerprint density at radius 2 is 1.72 bits per heavy atom. The summed E-state index contributed by atoms with van der Waals surface area (Å²) >= 11 is 11.7. The summed E-state index contributed by atoms with van der Waals surface area (Å²) in [6, 6.07) is 17.3. The third-order valence-electron chi connectivity index (χ3n) is 3.83. The van der Waals surface area contributed by atoms with Gasteiger partial charge in [0.2, 0.25) is 10.0 Å². The number of fused-ring (bicyclic) bond motifs is 1. The predicted octanol–water partition coefficient (Wildman–Crippen LogP) is 4.16. The van der Waals surface area contributed by atoms with Crippen molar-refractivity contribution in [2.24, 2.45) is 0 Å². The van der Waals surface area contributed by atoms with Crippen LogP contribution < -0.4 is 4.72 Å². The summed E-state index contributed by atoms with van der Waals surface area (Å²) in [5.74, 6) is 0. The zero-order valence-electron chi connectivity index (χ0n) is 13.0.